The Hall–Kier alpha value is -2.35. The van der Waals surface area contributed by atoms with E-state index in [-0.39, 0.29) is 12.0 Å². The van der Waals surface area contributed by atoms with Gasteiger partial charge in [0.15, 0.2) is 5.82 Å². The molecule has 1 unspecified atom stereocenters. The largest absolute Gasteiger partial charge is 0.444 e. The molecule has 0 radical (unpaired) electrons. The maximum absolute atomic E-state index is 11.9. The van der Waals surface area contributed by atoms with E-state index in [1.165, 1.54) is 0 Å². The Morgan fingerprint density at radius 3 is 2.84 bits per heavy atom. The van der Waals surface area contributed by atoms with Crippen LogP contribution in [0.15, 0.2) is 12.1 Å². The number of rotatable bonds is 2. The average Bonchev–Trinajstić information content (AvgIpc) is 2.93. The van der Waals surface area contributed by atoms with Crippen molar-refractivity contribution in [2.45, 2.75) is 38.8 Å². The summed E-state index contributed by atoms with van der Waals surface area (Å²) in [6.45, 7) is 6.79. The lowest BCUT2D eigenvalue weighted by atomic mass is 10.2. The van der Waals surface area contributed by atoms with Crippen molar-refractivity contribution in [3.63, 3.8) is 0 Å². The highest BCUT2D eigenvalue weighted by atomic mass is 35.5. The standard InChI is InChI=1S/C16H21ClN6O2/c1-16(2,3)25-15(24)19-9-6-7-23(8-9)13-12-10(20-14(18)22-13)4-5-11(17)21-12/h4-5,9H,6-8H2,1-3H3,(H,19,24)(H2,18,20,22). The number of hydrogen-bond acceptors (Lipinski definition) is 7. The molecule has 25 heavy (non-hydrogen) atoms. The number of amides is 1. The SMILES string of the molecule is CC(C)(C)OC(=O)NC1CCN(c2nc(N)nc3ccc(Cl)nc23)C1. The number of ether oxygens (including phenoxy) is 1. The third-order valence-electron chi connectivity index (χ3n) is 3.72. The van der Waals surface area contributed by atoms with E-state index in [0.29, 0.717) is 35.1 Å². The first-order valence-electron chi connectivity index (χ1n) is 8.05. The Labute approximate surface area is 150 Å². The Bertz CT molecular complexity index is 807. The summed E-state index contributed by atoms with van der Waals surface area (Å²) in [5.74, 6) is 0.800. The predicted molar refractivity (Wildman–Crippen MR) is 96.7 cm³/mol. The Morgan fingerprint density at radius 1 is 1.36 bits per heavy atom. The quantitative estimate of drug-likeness (QED) is 0.788. The van der Waals surface area contributed by atoms with Crippen LogP contribution >= 0.6 is 11.6 Å². The van der Waals surface area contributed by atoms with Gasteiger partial charge in [0.2, 0.25) is 5.95 Å². The van der Waals surface area contributed by atoms with E-state index in [4.69, 9.17) is 22.1 Å². The van der Waals surface area contributed by atoms with Gasteiger partial charge in [-0.1, -0.05) is 11.6 Å². The van der Waals surface area contributed by atoms with Gasteiger partial charge >= 0.3 is 6.09 Å². The number of fused-ring (bicyclic) bond motifs is 1. The first kappa shape index (κ1) is 17.5. The van der Waals surface area contributed by atoms with E-state index < -0.39 is 11.7 Å². The van der Waals surface area contributed by atoms with Gasteiger partial charge in [-0.2, -0.15) is 4.98 Å². The summed E-state index contributed by atoms with van der Waals surface area (Å²) in [6, 6.07) is 3.38. The summed E-state index contributed by atoms with van der Waals surface area (Å²) in [5.41, 5.74) is 6.52. The summed E-state index contributed by atoms with van der Waals surface area (Å²) in [6.07, 6.45) is 0.346. The molecule has 2 aromatic rings. The lowest BCUT2D eigenvalue weighted by Crippen LogP contribution is -2.40. The number of nitrogen functional groups attached to an aromatic ring is 1. The van der Waals surface area contributed by atoms with Gasteiger partial charge in [0, 0.05) is 13.1 Å². The molecule has 0 spiro atoms. The van der Waals surface area contributed by atoms with E-state index >= 15 is 0 Å². The van der Waals surface area contributed by atoms with Crippen molar-refractivity contribution in [1.29, 1.82) is 0 Å². The topological polar surface area (TPSA) is 106 Å². The van der Waals surface area contributed by atoms with Crippen LogP contribution in [0.25, 0.3) is 11.0 Å². The number of carbonyl (C=O) groups excluding carboxylic acids is 1. The van der Waals surface area contributed by atoms with Crippen molar-refractivity contribution in [2.24, 2.45) is 0 Å². The molecule has 3 heterocycles. The lowest BCUT2D eigenvalue weighted by Gasteiger charge is -2.22. The number of pyridine rings is 1. The maximum atomic E-state index is 11.9. The molecule has 0 saturated carbocycles. The highest BCUT2D eigenvalue weighted by Gasteiger charge is 2.28. The van der Waals surface area contributed by atoms with E-state index in [9.17, 15) is 4.79 Å². The van der Waals surface area contributed by atoms with Crippen molar-refractivity contribution >= 4 is 40.5 Å². The van der Waals surface area contributed by atoms with Crippen LogP contribution in [-0.4, -0.2) is 45.8 Å². The van der Waals surface area contributed by atoms with Crippen LogP contribution in [0.1, 0.15) is 27.2 Å². The molecule has 3 N–H and O–H groups in total. The molecule has 2 aromatic heterocycles. The summed E-state index contributed by atoms with van der Waals surface area (Å²) in [4.78, 5) is 26.8. The van der Waals surface area contributed by atoms with Crippen molar-refractivity contribution in [3.8, 4) is 0 Å². The highest BCUT2D eigenvalue weighted by Crippen LogP contribution is 2.27. The molecule has 1 atom stereocenters. The van der Waals surface area contributed by atoms with Crippen LogP contribution < -0.4 is 16.0 Å². The van der Waals surface area contributed by atoms with Crippen LogP contribution in [0.5, 0.6) is 0 Å². The van der Waals surface area contributed by atoms with Crippen LogP contribution in [0, 0.1) is 0 Å². The number of halogens is 1. The zero-order valence-electron chi connectivity index (χ0n) is 14.4. The number of hydrogen-bond donors (Lipinski definition) is 2. The highest BCUT2D eigenvalue weighted by molar-refractivity contribution is 6.29. The normalized spacial score (nSPS) is 17.8. The van der Waals surface area contributed by atoms with Gasteiger partial charge in [-0.3, -0.25) is 0 Å². The molecule has 1 fully saturated rings. The summed E-state index contributed by atoms with van der Waals surface area (Å²) in [5, 5.41) is 3.25. The Kier molecular flexibility index (Phi) is 4.55. The van der Waals surface area contributed by atoms with E-state index in [1.807, 2.05) is 25.7 Å². The fraction of sp³-hybridized carbons (Fsp3) is 0.500. The first-order valence-corrected chi connectivity index (χ1v) is 8.43. The number of nitrogens with zero attached hydrogens (tertiary/aromatic N) is 4. The number of anilines is 2. The Balaban J connectivity index is 1.77. The molecule has 134 valence electrons. The van der Waals surface area contributed by atoms with E-state index in [2.05, 4.69) is 20.3 Å². The predicted octanol–water partition coefficient (Wildman–Crippen LogP) is 2.36. The number of carbonyl (C=O) groups is 1. The molecule has 8 nitrogen and oxygen atoms in total. The monoisotopic (exact) mass is 364 g/mol. The Morgan fingerprint density at radius 2 is 2.12 bits per heavy atom. The minimum absolute atomic E-state index is 0.0414. The van der Waals surface area contributed by atoms with Crippen molar-refractivity contribution in [2.75, 3.05) is 23.7 Å². The molecular formula is C16H21ClN6O2. The molecule has 9 heteroatoms. The fourth-order valence-corrected chi connectivity index (χ4v) is 2.91. The second-order valence-electron chi connectivity index (χ2n) is 6.98. The summed E-state index contributed by atoms with van der Waals surface area (Å²) in [7, 11) is 0. The minimum Gasteiger partial charge on any atom is -0.444 e. The van der Waals surface area contributed by atoms with E-state index in [0.717, 1.165) is 6.42 Å². The number of aromatic nitrogens is 3. The third kappa shape index (κ3) is 4.19. The lowest BCUT2D eigenvalue weighted by molar-refractivity contribution is 0.0509. The summed E-state index contributed by atoms with van der Waals surface area (Å²) < 4.78 is 5.30. The number of nitrogens with one attached hydrogen (secondary N) is 1. The first-order chi connectivity index (χ1) is 11.7. The van der Waals surface area contributed by atoms with Crippen molar-refractivity contribution in [1.82, 2.24) is 20.3 Å². The van der Waals surface area contributed by atoms with Gasteiger partial charge in [-0.05, 0) is 39.3 Å². The van der Waals surface area contributed by atoms with Crippen molar-refractivity contribution in [3.05, 3.63) is 17.3 Å². The minimum atomic E-state index is -0.527. The van der Waals surface area contributed by atoms with Crippen LogP contribution in [-0.2, 0) is 4.74 Å². The third-order valence-corrected chi connectivity index (χ3v) is 3.93. The van der Waals surface area contributed by atoms with Crippen LogP contribution in [0.2, 0.25) is 5.15 Å². The number of alkyl carbamates (subject to hydrolysis) is 1. The molecule has 0 aromatic carbocycles. The summed E-state index contributed by atoms with van der Waals surface area (Å²) >= 11 is 6.01. The van der Waals surface area contributed by atoms with Crippen LogP contribution in [0.3, 0.4) is 0 Å². The fourth-order valence-electron chi connectivity index (χ4n) is 2.76. The van der Waals surface area contributed by atoms with Crippen LogP contribution in [0.4, 0.5) is 16.6 Å². The molecule has 0 bridgehead atoms. The van der Waals surface area contributed by atoms with Gasteiger partial charge in [0.25, 0.3) is 0 Å². The molecule has 0 aliphatic carbocycles. The zero-order valence-corrected chi connectivity index (χ0v) is 15.2. The zero-order chi connectivity index (χ0) is 18.2. The maximum Gasteiger partial charge on any atom is 0.407 e. The van der Waals surface area contributed by atoms with Gasteiger partial charge in [0.05, 0.1) is 11.6 Å². The molecule has 3 rings (SSSR count). The van der Waals surface area contributed by atoms with Gasteiger partial charge < -0.3 is 20.7 Å². The molecular weight excluding hydrogens is 344 g/mol. The van der Waals surface area contributed by atoms with Crippen molar-refractivity contribution < 1.29 is 9.53 Å². The number of nitrogens with two attached hydrogens (primary N) is 1. The van der Waals surface area contributed by atoms with Gasteiger partial charge in [-0.15, -0.1) is 0 Å². The molecule has 1 saturated heterocycles. The molecule has 1 aliphatic heterocycles. The van der Waals surface area contributed by atoms with Gasteiger partial charge in [-0.25, -0.2) is 14.8 Å². The van der Waals surface area contributed by atoms with E-state index in [1.54, 1.807) is 12.1 Å². The smallest absolute Gasteiger partial charge is 0.407 e. The second kappa shape index (κ2) is 6.51. The second-order valence-corrected chi connectivity index (χ2v) is 7.37. The molecule has 1 aliphatic rings. The average molecular weight is 365 g/mol. The molecule has 1 amide bonds. The van der Waals surface area contributed by atoms with Gasteiger partial charge in [0.1, 0.15) is 16.3 Å².